The van der Waals surface area contributed by atoms with E-state index in [1.807, 2.05) is 12.1 Å². The fourth-order valence-corrected chi connectivity index (χ4v) is 3.00. The van der Waals surface area contributed by atoms with Crippen molar-refractivity contribution in [3.63, 3.8) is 0 Å². The number of hydrogen-bond acceptors (Lipinski definition) is 2. The summed E-state index contributed by atoms with van der Waals surface area (Å²) in [5.41, 5.74) is 6.74. The second-order valence-corrected chi connectivity index (χ2v) is 5.68. The van der Waals surface area contributed by atoms with E-state index in [1.54, 1.807) is 36.4 Å². The molecule has 122 valence electrons. The first kappa shape index (κ1) is 16.4. The van der Waals surface area contributed by atoms with Gasteiger partial charge in [-0.25, -0.2) is 4.79 Å². The fourth-order valence-electron chi connectivity index (χ4n) is 3.00. The Hall–Kier alpha value is -3.42. The maximum atomic E-state index is 10.2. The predicted molar refractivity (Wildman–Crippen MR) is 100 cm³/mol. The Balaban J connectivity index is 0.000000173. The van der Waals surface area contributed by atoms with Gasteiger partial charge in [0.05, 0.1) is 5.56 Å². The third-order valence-corrected chi connectivity index (χ3v) is 4.10. The Bertz CT molecular complexity index is 955. The van der Waals surface area contributed by atoms with Crippen molar-refractivity contribution in [3.8, 4) is 11.1 Å². The van der Waals surface area contributed by atoms with Crippen LogP contribution in [0.3, 0.4) is 0 Å². The molecule has 3 aromatic carbocycles. The molecule has 0 aromatic heterocycles. The molecule has 0 radical (unpaired) electrons. The van der Waals surface area contributed by atoms with Gasteiger partial charge in [0.25, 0.3) is 0 Å². The normalized spacial score (nSPS) is 10.6. The van der Waals surface area contributed by atoms with Crippen molar-refractivity contribution in [3.05, 3.63) is 95.1 Å². The van der Waals surface area contributed by atoms with Gasteiger partial charge in [-0.2, -0.15) is 0 Å². The van der Waals surface area contributed by atoms with Gasteiger partial charge in [-0.15, -0.1) is 0 Å². The maximum Gasteiger partial charge on any atom is 0.335 e. The Morgan fingerprint density at radius 2 is 1.60 bits per heavy atom. The SMILES string of the molecule is N=C=Cc1cccc2c1-c1ccccc1C2.O=C(O)c1ccccc1. The lowest BCUT2D eigenvalue weighted by Crippen LogP contribution is -1.93. The van der Waals surface area contributed by atoms with Crippen molar-refractivity contribution < 1.29 is 9.90 Å². The second kappa shape index (κ2) is 7.43. The third-order valence-electron chi connectivity index (χ3n) is 4.10. The average Bonchev–Trinajstić information content (AvgIpc) is 3.03. The lowest BCUT2D eigenvalue weighted by atomic mass is 10.00. The molecule has 0 aliphatic heterocycles. The molecule has 3 nitrogen and oxygen atoms in total. The van der Waals surface area contributed by atoms with Crippen LogP contribution in [0.15, 0.2) is 72.8 Å². The molecule has 0 saturated carbocycles. The summed E-state index contributed by atoms with van der Waals surface area (Å²) in [5.74, 6) is 1.49. The molecule has 0 fully saturated rings. The average molecular weight is 327 g/mol. The zero-order valence-electron chi connectivity index (χ0n) is 13.6. The number of benzene rings is 3. The quantitative estimate of drug-likeness (QED) is 0.514. The Morgan fingerprint density at radius 1 is 0.920 bits per heavy atom. The van der Waals surface area contributed by atoms with E-state index in [0.29, 0.717) is 5.56 Å². The summed E-state index contributed by atoms with van der Waals surface area (Å²) in [6.45, 7) is 0. The van der Waals surface area contributed by atoms with Crippen LogP contribution in [0.1, 0.15) is 27.0 Å². The van der Waals surface area contributed by atoms with E-state index >= 15 is 0 Å². The molecule has 0 heterocycles. The van der Waals surface area contributed by atoms with Gasteiger partial charge in [0.2, 0.25) is 0 Å². The monoisotopic (exact) mass is 327 g/mol. The molecule has 0 amide bonds. The van der Waals surface area contributed by atoms with Crippen LogP contribution in [0, 0.1) is 5.41 Å². The van der Waals surface area contributed by atoms with Crippen LogP contribution in [0.2, 0.25) is 0 Å². The first-order valence-corrected chi connectivity index (χ1v) is 7.94. The molecule has 2 N–H and O–H groups in total. The van der Waals surface area contributed by atoms with E-state index in [2.05, 4.69) is 36.2 Å². The van der Waals surface area contributed by atoms with Crippen LogP contribution in [-0.4, -0.2) is 16.9 Å². The van der Waals surface area contributed by atoms with Gasteiger partial charge in [-0.1, -0.05) is 60.7 Å². The van der Waals surface area contributed by atoms with Crippen LogP contribution in [0.25, 0.3) is 17.2 Å². The van der Waals surface area contributed by atoms with Gasteiger partial charge in [0.15, 0.2) is 0 Å². The zero-order valence-corrected chi connectivity index (χ0v) is 13.6. The van der Waals surface area contributed by atoms with Crippen LogP contribution in [-0.2, 0) is 6.42 Å². The highest BCUT2D eigenvalue weighted by Crippen LogP contribution is 2.38. The van der Waals surface area contributed by atoms with Crippen molar-refractivity contribution in [1.82, 2.24) is 0 Å². The highest BCUT2D eigenvalue weighted by Gasteiger charge is 2.19. The Kier molecular flexibility index (Phi) is 4.89. The zero-order chi connectivity index (χ0) is 17.6. The van der Waals surface area contributed by atoms with Gasteiger partial charge in [0, 0.05) is 6.08 Å². The highest BCUT2D eigenvalue weighted by atomic mass is 16.4. The number of rotatable bonds is 2. The van der Waals surface area contributed by atoms with Crippen molar-refractivity contribution >= 4 is 17.9 Å². The van der Waals surface area contributed by atoms with E-state index in [1.165, 1.54) is 22.3 Å². The molecular weight excluding hydrogens is 310 g/mol. The van der Waals surface area contributed by atoms with Crippen LogP contribution in [0.4, 0.5) is 0 Å². The number of carboxylic acids is 1. The predicted octanol–water partition coefficient (Wildman–Crippen LogP) is 4.90. The topological polar surface area (TPSA) is 61.2 Å². The van der Waals surface area contributed by atoms with Crippen molar-refractivity contribution in [2.24, 2.45) is 0 Å². The maximum absolute atomic E-state index is 10.2. The number of aromatic carboxylic acids is 1. The summed E-state index contributed by atoms with van der Waals surface area (Å²) >= 11 is 0. The Labute approximate surface area is 146 Å². The molecule has 1 aliphatic carbocycles. The number of carbonyl (C=O) groups is 1. The van der Waals surface area contributed by atoms with Gasteiger partial charge < -0.3 is 5.11 Å². The lowest BCUT2D eigenvalue weighted by molar-refractivity contribution is 0.0697. The minimum absolute atomic E-state index is 0.331. The standard InChI is InChI=1S/C15H11N.C7H6O2/c16-9-8-11-5-3-6-13-10-12-4-1-2-7-14(12)15(11)13;8-7(9)6-4-2-1-3-5-6/h1-8,16H,10H2;1-5H,(H,8,9). The molecule has 3 heteroatoms. The van der Waals surface area contributed by atoms with Crippen molar-refractivity contribution in [2.45, 2.75) is 6.42 Å². The number of hydrogen-bond donors (Lipinski definition) is 2. The smallest absolute Gasteiger partial charge is 0.335 e. The van der Waals surface area contributed by atoms with Gasteiger partial charge >= 0.3 is 5.97 Å². The molecule has 4 rings (SSSR count). The van der Waals surface area contributed by atoms with E-state index in [0.717, 1.165) is 12.0 Å². The van der Waals surface area contributed by atoms with Crippen LogP contribution >= 0.6 is 0 Å². The molecule has 0 unspecified atom stereocenters. The molecule has 25 heavy (non-hydrogen) atoms. The van der Waals surface area contributed by atoms with E-state index < -0.39 is 5.97 Å². The van der Waals surface area contributed by atoms with Crippen LogP contribution < -0.4 is 0 Å². The Morgan fingerprint density at radius 3 is 2.28 bits per heavy atom. The number of nitrogens with one attached hydrogen (secondary N) is 1. The molecule has 0 saturated heterocycles. The molecule has 0 spiro atoms. The first-order valence-electron chi connectivity index (χ1n) is 7.94. The molecular formula is C22H17NO2. The third kappa shape index (κ3) is 3.57. The summed E-state index contributed by atoms with van der Waals surface area (Å²) in [6, 6.07) is 23.0. The van der Waals surface area contributed by atoms with Crippen molar-refractivity contribution in [1.29, 1.82) is 5.41 Å². The molecule has 0 atom stereocenters. The minimum atomic E-state index is -0.879. The second-order valence-electron chi connectivity index (χ2n) is 5.68. The minimum Gasteiger partial charge on any atom is -0.478 e. The number of carboxylic acid groups (broad SMARTS) is 1. The molecule has 3 aromatic rings. The van der Waals surface area contributed by atoms with E-state index in [4.69, 9.17) is 10.5 Å². The fraction of sp³-hybridized carbons (Fsp3) is 0.0455. The summed E-state index contributed by atoms with van der Waals surface area (Å²) in [4.78, 5) is 10.2. The van der Waals surface area contributed by atoms with Gasteiger partial charge in [0.1, 0.15) is 0 Å². The van der Waals surface area contributed by atoms with Crippen molar-refractivity contribution in [2.75, 3.05) is 0 Å². The summed E-state index contributed by atoms with van der Waals surface area (Å²) in [5, 5.41) is 15.5. The van der Waals surface area contributed by atoms with E-state index in [9.17, 15) is 4.79 Å². The highest BCUT2D eigenvalue weighted by molar-refractivity contribution is 5.89. The lowest BCUT2D eigenvalue weighted by Gasteiger charge is -2.04. The molecule has 0 bridgehead atoms. The summed E-state index contributed by atoms with van der Waals surface area (Å²) in [7, 11) is 0. The van der Waals surface area contributed by atoms with Crippen LogP contribution in [0.5, 0.6) is 0 Å². The number of fused-ring (bicyclic) bond motifs is 3. The van der Waals surface area contributed by atoms with Gasteiger partial charge in [-0.3, -0.25) is 5.41 Å². The first-order chi connectivity index (χ1) is 12.2. The largest absolute Gasteiger partial charge is 0.478 e. The summed E-state index contributed by atoms with van der Waals surface area (Å²) in [6.07, 6.45) is 2.74. The van der Waals surface area contributed by atoms with E-state index in [-0.39, 0.29) is 0 Å². The molecule has 1 aliphatic rings. The summed E-state index contributed by atoms with van der Waals surface area (Å²) < 4.78 is 0. The van der Waals surface area contributed by atoms with Gasteiger partial charge in [-0.05, 0) is 52.2 Å².